The van der Waals surface area contributed by atoms with Gasteiger partial charge in [-0.15, -0.1) is 0 Å². The summed E-state index contributed by atoms with van der Waals surface area (Å²) >= 11 is 4.24. The maximum absolute atomic E-state index is 11.8. The molecule has 6 heteroatoms. The summed E-state index contributed by atoms with van der Waals surface area (Å²) in [6.07, 6.45) is 0.669. The van der Waals surface area contributed by atoms with E-state index in [2.05, 4.69) is 17.9 Å². The normalized spacial score (nSPS) is 11.8. The number of nitrogens with one attached hydrogen (secondary N) is 1. The first-order chi connectivity index (χ1) is 9.43. The van der Waals surface area contributed by atoms with Crippen molar-refractivity contribution in [3.8, 4) is 0 Å². The van der Waals surface area contributed by atoms with Crippen LogP contribution in [-0.4, -0.2) is 47.4 Å². The molecule has 1 unspecified atom stereocenters. The number of carboxylic acid groups (broad SMARTS) is 1. The maximum atomic E-state index is 11.8. The number of carbonyl (C=O) groups excluding carboxylic acids is 1. The van der Waals surface area contributed by atoms with Gasteiger partial charge in [0.1, 0.15) is 6.54 Å². The van der Waals surface area contributed by atoms with E-state index in [9.17, 15) is 9.59 Å². The van der Waals surface area contributed by atoms with Gasteiger partial charge in [0.15, 0.2) is 0 Å². The lowest BCUT2D eigenvalue weighted by atomic mass is 10.0. The van der Waals surface area contributed by atoms with Crippen LogP contribution in [-0.2, 0) is 11.2 Å². The topological polar surface area (TPSA) is 69.6 Å². The Bertz CT molecular complexity index is 479. The molecule has 20 heavy (non-hydrogen) atoms. The van der Waals surface area contributed by atoms with Crippen LogP contribution in [0, 0.1) is 6.92 Å². The molecule has 0 saturated heterocycles. The molecule has 0 saturated carbocycles. The largest absolute Gasteiger partial charge is 0.480 e. The van der Waals surface area contributed by atoms with Crippen LogP contribution in [0.25, 0.3) is 0 Å². The average Bonchev–Trinajstić information content (AvgIpc) is 2.39. The number of benzene rings is 1. The summed E-state index contributed by atoms with van der Waals surface area (Å²) in [5, 5.41) is 11.5. The molecule has 0 aliphatic rings. The van der Waals surface area contributed by atoms with Crippen molar-refractivity contribution in [2.75, 3.05) is 19.3 Å². The van der Waals surface area contributed by atoms with Crippen LogP contribution < -0.4 is 5.32 Å². The highest BCUT2D eigenvalue weighted by Crippen LogP contribution is 2.10. The molecule has 5 nitrogen and oxygen atoms in total. The number of likely N-dealkylation sites (N-methyl/N-ethyl adjacent to an activating group) is 1. The first kappa shape index (κ1) is 16.4. The third kappa shape index (κ3) is 5.13. The molecule has 0 radical (unpaired) electrons. The molecule has 0 fully saturated rings. The standard InChI is InChI=1S/C14H20N2O3S/c1-10-5-3-4-6-11(10)7-12(9-20)15-14(19)16(2)8-13(17)18/h3-6,12,20H,7-9H2,1-2H3,(H,15,19)(H,17,18). The molecule has 0 aliphatic carbocycles. The van der Waals surface area contributed by atoms with Crippen LogP contribution in [0.5, 0.6) is 0 Å². The van der Waals surface area contributed by atoms with E-state index in [0.29, 0.717) is 12.2 Å². The molecule has 2 amide bonds. The van der Waals surface area contributed by atoms with Crippen molar-refractivity contribution in [3.63, 3.8) is 0 Å². The van der Waals surface area contributed by atoms with Gasteiger partial charge < -0.3 is 15.3 Å². The molecule has 1 aromatic carbocycles. The molecule has 0 aromatic heterocycles. The predicted molar refractivity (Wildman–Crippen MR) is 81.3 cm³/mol. The third-order valence-corrected chi connectivity index (χ3v) is 3.44. The Morgan fingerprint density at radius 1 is 1.40 bits per heavy atom. The molecule has 0 bridgehead atoms. The van der Waals surface area contributed by atoms with Crippen molar-refractivity contribution in [2.24, 2.45) is 0 Å². The van der Waals surface area contributed by atoms with Crippen molar-refractivity contribution >= 4 is 24.6 Å². The summed E-state index contributed by atoms with van der Waals surface area (Å²) in [5.41, 5.74) is 2.31. The first-order valence-electron chi connectivity index (χ1n) is 6.32. The number of hydrogen-bond donors (Lipinski definition) is 3. The molecule has 0 spiro atoms. The minimum atomic E-state index is -1.04. The number of aliphatic carboxylic acids is 1. The molecular formula is C14H20N2O3S. The van der Waals surface area contributed by atoms with E-state index >= 15 is 0 Å². The van der Waals surface area contributed by atoms with Gasteiger partial charge in [0.2, 0.25) is 0 Å². The van der Waals surface area contributed by atoms with Gasteiger partial charge in [-0.2, -0.15) is 12.6 Å². The van der Waals surface area contributed by atoms with Crippen molar-refractivity contribution in [1.29, 1.82) is 0 Å². The Balaban J connectivity index is 2.61. The van der Waals surface area contributed by atoms with Crippen LogP contribution in [0.4, 0.5) is 4.79 Å². The smallest absolute Gasteiger partial charge is 0.323 e. The quantitative estimate of drug-likeness (QED) is 0.698. The van der Waals surface area contributed by atoms with E-state index in [1.54, 1.807) is 0 Å². The molecule has 1 aromatic rings. The third-order valence-electron chi connectivity index (χ3n) is 2.99. The second-order valence-electron chi connectivity index (χ2n) is 4.71. The van der Waals surface area contributed by atoms with E-state index in [1.165, 1.54) is 7.05 Å². The number of carbonyl (C=O) groups is 2. The molecule has 1 atom stereocenters. The number of hydrogen-bond acceptors (Lipinski definition) is 3. The average molecular weight is 296 g/mol. The van der Waals surface area contributed by atoms with E-state index in [4.69, 9.17) is 5.11 Å². The summed E-state index contributed by atoms with van der Waals surface area (Å²) in [4.78, 5) is 23.5. The van der Waals surface area contributed by atoms with Gasteiger partial charge in [0.05, 0.1) is 0 Å². The fourth-order valence-corrected chi connectivity index (χ4v) is 2.05. The molecule has 110 valence electrons. The summed E-state index contributed by atoms with van der Waals surface area (Å²) < 4.78 is 0. The molecule has 1 rings (SSSR count). The van der Waals surface area contributed by atoms with Crippen molar-refractivity contribution < 1.29 is 14.7 Å². The second kappa shape index (κ2) is 7.79. The second-order valence-corrected chi connectivity index (χ2v) is 5.07. The van der Waals surface area contributed by atoms with Crippen molar-refractivity contribution in [3.05, 3.63) is 35.4 Å². The van der Waals surface area contributed by atoms with Gasteiger partial charge in [-0.3, -0.25) is 4.79 Å². The SMILES string of the molecule is Cc1ccccc1CC(CS)NC(=O)N(C)CC(=O)O. The van der Waals surface area contributed by atoms with E-state index in [1.807, 2.05) is 31.2 Å². The zero-order valence-corrected chi connectivity index (χ0v) is 12.6. The van der Waals surface area contributed by atoms with Crippen LogP contribution in [0.3, 0.4) is 0 Å². The zero-order valence-electron chi connectivity index (χ0n) is 11.7. The fraction of sp³-hybridized carbons (Fsp3) is 0.429. The van der Waals surface area contributed by atoms with Gasteiger partial charge in [0.25, 0.3) is 0 Å². The Labute approximate surface area is 124 Å². The van der Waals surface area contributed by atoms with Gasteiger partial charge in [0, 0.05) is 18.8 Å². The van der Waals surface area contributed by atoms with Crippen LogP contribution in [0.2, 0.25) is 0 Å². The molecule has 0 aliphatic heterocycles. The van der Waals surface area contributed by atoms with Crippen molar-refractivity contribution in [1.82, 2.24) is 10.2 Å². The van der Waals surface area contributed by atoms with Gasteiger partial charge in [-0.05, 0) is 24.5 Å². The minimum Gasteiger partial charge on any atom is -0.480 e. The highest BCUT2D eigenvalue weighted by atomic mass is 32.1. The number of thiol groups is 1. The lowest BCUT2D eigenvalue weighted by Crippen LogP contribution is -2.46. The van der Waals surface area contributed by atoms with Crippen LogP contribution in [0.1, 0.15) is 11.1 Å². The summed E-state index contributed by atoms with van der Waals surface area (Å²) in [6.45, 7) is 1.69. The lowest BCUT2D eigenvalue weighted by molar-refractivity contribution is -0.137. The predicted octanol–water partition coefficient (Wildman–Crippen LogP) is 1.56. The lowest BCUT2D eigenvalue weighted by Gasteiger charge is -2.22. The monoisotopic (exact) mass is 296 g/mol. The van der Waals surface area contributed by atoms with Gasteiger partial charge >= 0.3 is 12.0 Å². The molecule has 2 N–H and O–H groups in total. The Hall–Kier alpha value is -1.69. The number of rotatable bonds is 6. The van der Waals surface area contributed by atoms with E-state index < -0.39 is 12.0 Å². The number of urea groups is 1. The van der Waals surface area contributed by atoms with E-state index in [-0.39, 0.29) is 12.6 Å². The number of aryl methyl sites for hydroxylation is 1. The maximum Gasteiger partial charge on any atom is 0.323 e. The highest BCUT2D eigenvalue weighted by molar-refractivity contribution is 7.80. The molecular weight excluding hydrogens is 276 g/mol. The van der Waals surface area contributed by atoms with Crippen LogP contribution >= 0.6 is 12.6 Å². The van der Waals surface area contributed by atoms with Crippen molar-refractivity contribution in [2.45, 2.75) is 19.4 Å². The number of nitrogens with zero attached hydrogens (tertiary/aromatic N) is 1. The Kier molecular flexibility index (Phi) is 6.38. The molecule has 0 heterocycles. The van der Waals surface area contributed by atoms with Gasteiger partial charge in [-0.25, -0.2) is 4.79 Å². The minimum absolute atomic E-state index is 0.136. The van der Waals surface area contributed by atoms with Gasteiger partial charge in [-0.1, -0.05) is 24.3 Å². The zero-order chi connectivity index (χ0) is 15.1. The first-order valence-corrected chi connectivity index (χ1v) is 6.96. The highest BCUT2D eigenvalue weighted by Gasteiger charge is 2.17. The Morgan fingerprint density at radius 2 is 2.05 bits per heavy atom. The van der Waals surface area contributed by atoms with Crippen LogP contribution in [0.15, 0.2) is 24.3 Å². The fourth-order valence-electron chi connectivity index (χ4n) is 1.83. The number of amides is 2. The number of carboxylic acids is 1. The van der Waals surface area contributed by atoms with E-state index in [0.717, 1.165) is 16.0 Å². The Morgan fingerprint density at radius 3 is 2.60 bits per heavy atom. The summed E-state index contributed by atoms with van der Waals surface area (Å²) in [6, 6.07) is 7.41. The summed E-state index contributed by atoms with van der Waals surface area (Å²) in [7, 11) is 1.45. The summed E-state index contributed by atoms with van der Waals surface area (Å²) in [5.74, 6) is -0.551.